The number of aromatic nitrogens is 2. The maximum absolute atomic E-state index is 11.8. The molecule has 1 amide bonds. The van der Waals surface area contributed by atoms with E-state index < -0.39 is 15.9 Å². The molecule has 0 fully saturated rings. The fourth-order valence-electron chi connectivity index (χ4n) is 1.10. The van der Waals surface area contributed by atoms with E-state index in [0.29, 0.717) is 0 Å². The number of nitrogens with zero attached hydrogens (tertiary/aromatic N) is 2. The quantitative estimate of drug-likeness (QED) is 0.897. The van der Waals surface area contributed by atoms with Crippen molar-refractivity contribution < 1.29 is 17.6 Å². The van der Waals surface area contributed by atoms with Crippen LogP contribution in [-0.4, -0.2) is 24.3 Å². The molecule has 0 saturated heterocycles. The van der Waals surface area contributed by atoms with E-state index >= 15 is 0 Å². The second kappa shape index (κ2) is 4.75. The van der Waals surface area contributed by atoms with Gasteiger partial charge in [-0.3, -0.25) is 9.78 Å². The number of carbonyl (C=O) groups is 1. The van der Waals surface area contributed by atoms with Crippen molar-refractivity contribution in [2.75, 3.05) is 0 Å². The smallest absolute Gasteiger partial charge is 0.286 e. The molecule has 0 bridgehead atoms. The number of halogens is 1. The van der Waals surface area contributed by atoms with Crippen molar-refractivity contribution in [3.05, 3.63) is 41.8 Å². The number of sulfonamides is 1. The Morgan fingerprint density at radius 1 is 1.39 bits per heavy atom. The van der Waals surface area contributed by atoms with Gasteiger partial charge in [0.1, 0.15) is 11.2 Å². The second-order valence-electron chi connectivity index (χ2n) is 3.15. The maximum Gasteiger partial charge on any atom is 0.286 e. The van der Waals surface area contributed by atoms with Crippen LogP contribution >= 0.6 is 11.6 Å². The minimum absolute atomic E-state index is 0.145. The van der Waals surface area contributed by atoms with Crippen LogP contribution in [0.4, 0.5) is 0 Å². The van der Waals surface area contributed by atoms with Crippen LogP contribution in [0.25, 0.3) is 0 Å². The standard InChI is InChI=1S/C9H6ClN3O4S/c10-6-1-7(3-11-2-6)18(15,16)13-9(14)8-4-17-5-12-8/h1-5H,(H,13,14). The largest absolute Gasteiger partial charge is 0.451 e. The average Bonchev–Trinajstić information content (AvgIpc) is 2.82. The topological polar surface area (TPSA) is 102 Å². The van der Waals surface area contributed by atoms with Crippen molar-refractivity contribution in [2.45, 2.75) is 4.90 Å². The Morgan fingerprint density at radius 2 is 2.17 bits per heavy atom. The van der Waals surface area contributed by atoms with Crippen molar-refractivity contribution in [3.8, 4) is 0 Å². The zero-order valence-electron chi connectivity index (χ0n) is 8.70. The number of nitrogens with one attached hydrogen (secondary N) is 1. The summed E-state index contributed by atoms with van der Waals surface area (Å²) in [4.78, 5) is 18.4. The fourth-order valence-corrected chi connectivity index (χ4v) is 2.28. The molecule has 2 aromatic heterocycles. The molecule has 0 aromatic carbocycles. The summed E-state index contributed by atoms with van der Waals surface area (Å²) < 4.78 is 30.0. The lowest BCUT2D eigenvalue weighted by Gasteiger charge is -2.04. The number of oxazole rings is 1. The summed E-state index contributed by atoms with van der Waals surface area (Å²) in [5, 5.41) is 0.145. The van der Waals surface area contributed by atoms with Crippen molar-refractivity contribution in [2.24, 2.45) is 0 Å². The molecule has 0 aliphatic rings. The van der Waals surface area contributed by atoms with Crippen LogP contribution in [0.1, 0.15) is 10.5 Å². The molecule has 0 radical (unpaired) electrons. The molecule has 94 valence electrons. The fraction of sp³-hybridized carbons (Fsp3) is 0. The van der Waals surface area contributed by atoms with Gasteiger partial charge in [-0.2, -0.15) is 0 Å². The van der Waals surface area contributed by atoms with Gasteiger partial charge in [0.2, 0.25) is 0 Å². The molecule has 0 spiro atoms. The summed E-state index contributed by atoms with van der Waals surface area (Å²) in [5.41, 5.74) is -0.145. The first-order chi connectivity index (χ1) is 8.49. The molecule has 7 nitrogen and oxygen atoms in total. The van der Waals surface area contributed by atoms with Gasteiger partial charge in [-0.25, -0.2) is 18.1 Å². The van der Waals surface area contributed by atoms with E-state index in [0.717, 1.165) is 18.9 Å². The van der Waals surface area contributed by atoms with Crippen molar-refractivity contribution in [1.29, 1.82) is 0 Å². The van der Waals surface area contributed by atoms with Gasteiger partial charge >= 0.3 is 0 Å². The van der Waals surface area contributed by atoms with Gasteiger partial charge < -0.3 is 4.42 Å². The molecule has 0 aliphatic carbocycles. The molecular weight excluding hydrogens is 282 g/mol. The highest BCUT2D eigenvalue weighted by Gasteiger charge is 2.20. The minimum Gasteiger partial charge on any atom is -0.451 e. The first-order valence-electron chi connectivity index (χ1n) is 4.55. The predicted octanol–water partition coefficient (Wildman–Crippen LogP) is 0.842. The number of amides is 1. The molecule has 18 heavy (non-hydrogen) atoms. The first-order valence-corrected chi connectivity index (χ1v) is 6.41. The van der Waals surface area contributed by atoms with E-state index in [4.69, 9.17) is 11.6 Å². The zero-order chi connectivity index (χ0) is 13.2. The lowest BCUT2D eigenvalue weighted by atomic mass is 10.5. The number of rotatable bonds is 3. The third-order valence-corrected chi connectivity index (χ3v) is 3.39. The van der Waals surface area contributed by atoms with Crippen molar-refractivity contribution in [1.82, 2.24) is 14.7 Å². The Morgan fingerprint density at radius 3 is 2.78 bits per heavy atom. The van der Waals surface area contributed by atoms with Gasteiger partial charge in [0.05, 0.1) is 5.02 Å². The zero-order valence-corrected chi connectivity index (χ0v) is 10.3. The van der Waals surface area contributed by atoms with Gasteiger partial charge in [-0.1, -0.05) is 11.6 Å². The SMILES string of the molecule is O=C(NS(=O)(=O)c1cncc(Cl)c1)c1cocn1. The Hall–Kier alpha value is -1.93. The van der Waals surface area contributed by atoms with Crippen molar-refractivity contribution in [3.63, 3.8) is 0 Å². The van der Waals surface area contributed by atoms with Gasteiger partial charge in [-0.05, 0) is 6.07 Å². The third-order valence-electron chi connectivity index (χ3n) is 1.88. The van der Waals surface area contributed by atoms with Gasteiger partial charge in [0, 0.05) is 12.4 Å². The first kappa shape index (κ1) is 12.5. The highest BCUT2D eigenvalue weighted by Crippen LogP contribution is 2.13. The van der Waals surface area contributed by atoms with Gasteiger partial charge in [0.25, 0.3) is 15.9 Å². The Labute approximate surface area is 107 Å². The highest BCUT2D eigenvalue weighted by atomic mass is 35.5. The summed E-state index contributed by atoms with van der Waals surface area (Å²) in [5.74, 6) is -0.899. The summed E-state index contributed by atoms with van der Waals surface area (Å²) in [6.45, 7) is 0. The van der Waals surface area contributed by atoms with Crippen LogP contribution in [0.15, 0.2) is 40.4 Å². The van der Waals surface area contributed by atoms with Crippen LogP contribution < -0.4 is 4.72 Å². The monoisotopic (exact) mass is 287 g/mol. The van der Waals surface area contributed by atoms with Crippen LogP contribution in [0, 0.1) is 0 Å². The van der Waals surface area contributed by atoms with Crippen LogP contribution in [-0.2, 0) is 10.0 Å². The number of carbonyl (C=O) groups excluding carboxylic acids is 1. The molecule has 2 aromatic rings. The van der Waals surface area contributed by atoms with Crippen molar-refractivity contribution >= 4 is 27.5 Å². The Bertz CT molecular complexity index is 669. The maximum atomic E-state index is 11.8. The molecule has 0 unspecified atom stereocenters. The minimum atomic E-state index is -4.04. The average molecular weight is 288 g/mol. The molecule has 0 saturated carbocycles. The summed E-state index contributed by atoms with van der Waals surface area (Å²) in [6, 6.07) is 1.17. The number of pyridine rings is 1. The second-order valence-corrected chi connectivity index (χ2v) is 5.27. The lowest BCUT2D eigenvalue weighted by Crippen LogP contribution is -2.30. The Kier molecular flexibility index (Phi) is 3.30. The van der Waals surface area contributed by atoms with E-state index in [-0.39, 0.29) is 15.6 Å². The molecule has 0 atom stereocenters. The summed E-state index contributed by atoms with van der Waals surface area (Å²) >= 11 is 5.62. The van der Waals surface area contributed by atoms with E-state index in [1.807, 2.05) is 4.72 Å². The van der Waals surface area contributed by atoms with E-state index in [9.17, 15) is 13.2 Å². The van der Waals surface area contributed by atoms with E-state index in [1.54, 1.807) is 0 Å². The van der Waals surface area contributed by atoms with E-state index in [2.05, 4.69) is 14.4 Å². The number of hydrogen-bond donors (Lipinski definition) is 1. The third kappa shape index (κ3) is 2.66. The molecule has 2 rings (SSSR count). The van der Waals surface area contributed by atoms with Crippen LogP contribution in [0.5, 0.6) is 0 Å². The lowest BCUT2D eigenvalue weighted by molar-refractivity contribution is 0.0976. The van der Waals surface area contributed by atoms with Gasteiger partial charge in [0.15, 0.2) is 12.1 Å². The molecule has 9 heteroatoms. The summed E-state index contributed by atoms with van der Waals surface area (Å²) in [6.07, 6.45) is 4.40. The van der Waals surface area contributed by atoms with Crippen LogP contribution in [0.3, 0.4) is 0 Å². The predicted molar refractivity (Wildman–Crippen MR) is 60.4 cm³/mol. The highest BCUT2D eigenvalue weighted by molar-refractivity contribution is 7.90. The molecule has 2 heterocycles. The Balaban J connectivity index is 2.25. The molecule has 1 N–H and O–H groups in total. The molecular formula is C9H6ClN3O4S. The summed E-state index contributed by atoms with van der Waals surface area (Å²) in [7, 11) is -4.04. The van der Waals surface area contributed by atoms with Gasteiger partial charge in [-0.15, -0.1) is 0 Å². The normalized spacial score (nSPS) is 11.2. The van der Waals surface area contributed by atoms with Crippen LogP contribution in [0.2, 0.25) is 5.02 Å². The number of hydrogen-bond acceptors (Lipinski definition) is 6. The molecule has 0 aliphatic heterocycles. The van der Waals surface area contributed by atoms with E-state index in [1.165, 1.54) is 12.3 Å².